The first kappa shape index (κ1) is 21.5. The summed E-state index contributed by atoms with van der Waals surface area (Å²) in [6, 6.07) is 0. The number of rotatable bonds is 8. The quantitative estimate of drug-likeness (QED) is 0.405. The van der Waals surface area contributed by atoms with E-state index in [1.165, 1.54) is 25.7 Å². The average molecular weight is 368 g/mol. The average Bonchev–Trinajstić information content (AvgIpc) is 2.67. The van der Waals surface area contributed by atoms with Crippen LogP contribution in [0.3, 0.4) is 0 Å². The summed E-state index contributed by atoms with van der Waals surface area (Å²) in [6.07, 6.45) is 9.09. The number of guanidine groups is 1. The minimum absolute atomic E-state index is 0.396. The Morgan fingerprint density at radius 1 is 1.08 bits per heavy atom. The van der Waals surface area contributed by atoms with Crippen LogP contribution in [0.5, 0.6) is 0 Å². The SMILES string of the molecule is CN=C(NCC1CCC(C(C)C)CC1)N1CCC(OCCCOC)CC1. The molecule has 2 rings (SSSR count). The molecule has 0 unspecified atom stereocenters. The van der Waals surface area contributed by atoms with Gasteiger partial charge in [0.2, 0.25) is 0 Å². The zero-order chi connectivity index (χ0) is 18.8. The summed E-state index contributed by atoms with van der Waals surface area (Å²) in [6.45, 7) is 9.49. The van der Waals surface area contributed by atoms with Gasteiger partial charge in [0, 0.05) is 47.0 Å². The van der Waals surface area contributed by atoms with Crippen LogP contribution >= 0.6 is 0 Å². The number of piperidine rings is 1. The van der Waals surface area contributed by atoms with Crippen molar-refractivity contribution in [2.24, 2.45) is 22.7 Å². The third kappa shape index (κ3) is 7.07. The molecule has 1 saturated carbocycles. The lowest BCUT2D eigenvalue weighted by Crippen LogP contribution is -2.48. The van der Waals surface area contributed by atoms with E-state index in [2.05, 4.69) is 29.1 Å². The van der Waals surface area contributed by atoms with Crippen molar-refractivity contribution >= 4 is 5.96 Å². The fraction of sp³-hybridized carbons (Fsp3) is 0.952. The molecule has 0 amide bonds. The second kappa shape index (κ2) is 11.8. The van der Waals surface area contributed by atoms with Crippen LogP contribution in [0, 0.1) is 17.8 Å². The molecule has 2 aliphatic rings. The van der Waals surface area contributed by atoms with Gasteiger partial charge in [0.1, 0.15) is 0 Å². The summed E-state index contributed by atoms with van der Waals surface area (Å²) < 4.78 is 11.0. The van der Waals surface area contributed by atoms with Gasteiger partial charge in [-0.15, -0.1) is 0 Å². The highest BCUT2D eigenvalue weighted by atomic mass is 16.5. The predicted molar refractivity (Wildman–Crippen MR) is 109 cm³/mol. The number of hydrogen-bond donors (Lipinski definition) is 1. The van der Waals surface area contributed by atoms with Crippen molar-refractivity contribution in [3.05, 3.63) is 0 Å². The van der Waals surface area contributed by atoms with Crippen LogP contribution in [-0.4, -0.2) is 64.0 Å². The van der Waals surface area contributed by atoms with E-state index >= 15 is 0 Å². The number of methoxy groups -OCH3 is 1. The first-order valence-corrected chi connectivity index (χ1v) is 10.7. The monoisotopic (exact) mass is 367 g/mol. The van der Waals surface area contributed by atoms with Crippen molar-refractivity contribution in [3.8, 4) is 0 Å². The molecule has 1 aliphatic heterocycles. The lowest BCUT2D eigenvalue weighted by atomic mass is 9.77. The smallest absolute Gasteiger partial charge is 0.193 e. The molecule has 5 nitrogen and oxygen atoms in total. The van der Waals surface area contributed by atoms with E-state index < -0.39 is 0 Å². The lowest BCUT2D eigenvalue weighted by Gasteiger charge is -2.35. The number of nitrogens with one attached hydrogen (secondary N) is 1. The van der Waals surface area contributed by atoms with Crippen LogP contribution in [0.25, 0.3) is 0 Å². The molecule has 1 heterocycles. The normalized spacial score (nSPS) is 25.7. The summed E-state index contributed by atoms with van der Waals surface area (Å²) >= 11 is 0. The van der Waals surface area contributed by atoms with Gasteiger partial charge in [0.25, 0.3) is 0 Å². The zero-order valence-corrected chi connectivity index (χ0v) is 17.5. The van der Waals surface area contributed by atoms with Crippen LogP contribution in [0.1, 0.15) is 58.8 Å². The maximum Gasteiger partial charge on any atom is 0.193 e. The Hall–Kier alpha value is -0.810. The first-order valence-electron chi connectivity index (χ1n) is 10.7. The van der Waals surface area contributed by atoms with E-state index in [1.54, 1.807) is 7.11 Å². The Kier molecular flexibility index (Phi) is 9.76. The Labute approximate surface area is 160 Å². The summed E-state index contributed by atoms with van der Waals surface area (Å²) in [7, 11) is 3.65. The number of likely N-dealkylation sites (tertiary alicyclic amines) is 1. The molecule has 1 N–H and O–H groups in total. The molecule has 152 valence electrons. The number of nitrogens with zero attached hydrogens (tertiary/aromatic N) is 2. The molecule has 5 heteroatoms. The van der Waals surface area contributed by atoms with E-state index in [4.69, 9.17) is 9.47 Å². The largest absolute Gasteiger partial charge is 0.385 e. The summed E-state index contributed by atoms with van der Waals surface area (Å²) in [4.78, 5) is 6.92. The molecular formula is C21H41N3O2. The first-order chi connectivity index (χ1) is 12.6. The predicted octanol–water partition coefficient (Wildman–Crippen LogP) is 3.54. The highest BCUT2D eigenvalue weighted by Gasteiger charge is 2.25. The van der Waals surface area contributed by atoms with Crippen molar-refractivity contribution in [1.82, 2.24) is 10.2 Å². The van der Waals surface area contributed by atoms with Crippen LogP contribution in [0.2, 0.25) is 0 Å². The maximum atomic E-state index is 5.96. The van der Waals surface area contributed by atoms with E-state index in [-0.39, 0.29) is 0 Å². The molecule has 2 fully saturated rings. The van der Waals surface area contributed by atoms with Gasteiger partial charge in [0.05, 0.1) is 6.10 Å². The third-order valence-electron chi connectivity index (χ3n) is 6.18. The fourth-order valence-electron chi connectivity index (χ4n) is 4.31. The van der Waals surface area contributed by atoms with Crippen molar-refractivity contribution < 1.29 is 9.47 Å². The van der Waals surface area contributed by atoms with Gasteiger partial charge in [-0.1, -0.05) is 13.8 Å². The Bertz CT molecular complexity index is 398. The standard InChI is InChI=1S/C21H41N3O2/c1-17(2)19-8-6-18(7-9-19)16-23-21(22-3)24-12-10-20(11-13-24)26-15-5-14-25-4/h17-20H,5-16H2,1-4H3,(H,22,23). The van der Waals surface area contributed by atoms with E-state index in [1.807, 2.05) is 7.05 Å². The van der Waals surface area contributed by atoms with Gasteiger partial charge in [0.15, 0.2) is 5.96 Å². The Morgan fingerprint density at radius 2 is 1.77 bits per heavy atom. The van der Waals surface area contributed by atoms with Gasteiger partial charge < -0.3 is 19.7 Å². The molecule has 1 aliphatic carbocycles. The second-order valence-electron chi connectivity index (χ2n) is 8.36. The van der Waals surface area contributed by atoms with Crippen molar-refractivity contribution in [1.29, 1.82) is 0 Å². The molecule has 1 saturated heterocycles. The van der Waals surface area contributed by atoms with Crippen LogP contribution in [0.4, 0.5) is 0 Å². The lowest BCUT2D eigenvalue weighted by molar-refractivity contribution is 0.00986. The third-order valence-corrected chi connectivity index (χ3v) is 6.18. The summed E-state index contributed by atoms with van der Waals surface area (Å²) in [5.74, 6) is 3.67. The Balaban J connectivity index is 1.64. The van der Waals surface area contributed by atoms with E-state index in [9.17, 15) is 0 Å². The number of ether oxygens (including phenoxy) is 2. The molecular weight excluding hydrogens is 326 g/mol. The Morgan fingerprint density at radius 3 is 2.35 bits per heavy atom. The van der Waals surface area contributed by atoms with Crippen LogP contribution in [-0.2, 0) is 9.47 Å². The number of aliphatic imine (C=N–C) groups is 1. The van der Waals surface area contributed by atoms with E-state index in [0.29, 0.717) is 6.10 Å². The molecule has 0 spiro atoms. The molecule has 0 atom stereocenters. The van der Waals surface area contributed by atoms with Crippen LogP contribution in [0.15, 0.2) is 4.99 Å². The molecule has 0 aromatic heterocycles. The fourth-order valence-corrected chi connectivity index (χ4v) is 4.31. The maximum absolute atomic E-state index is 5.96. The minimum Gasteiger partial charge on any atom is -0.385 e. The van der Waals surface area contributed by atoms with Gasteiger partial charge in [-0.25, -0.2) is 0 Å². The molecule has 26 heavy (non-hydrogen) atoms. The van der Waals surface area contributed by atoms with Gasteiger partial charge in [-0.3, -0.25) is 4.99 Å². The van der Waals surface area contributed by atoms with E-state index in [0.717, 1.165) is 75.8 Å². The minimum atomic E-state index is 0.396. The molecule has 0 aromatic rings. The highest BCUT2D eigenvalue weighted by molar-refractivity contribution is 5.79. The topological polar surface area (TPSA) is 46.1 Å². The highest BCUT2D eigenvalue weighted by Crippen LogP contribution is 2.32. The van der Waals surface area contributed by atoms with Gasteiger partial charge in [-0.05, 0) is 62.7 Å². The molecule has 0 radical (unpaired) electrons. The van der Waals surface area contributed by atoms with Crippen molar-refractivity contribution in [2.45, 2.75) is 64.9 Å². The van der Waals surface area contributed by atoms with Crippen molar-refractivity contribution in [3.63, 3.8) is 0 Å². The van der Waals surface area contributed by atoms with Gasteiger partial charge >= 0.3 is 0 Å². The second-order valence-corrected chi connectivity index (χ2v) is 8.36. The molecule has 0 aromatic carbocycles. The molecule has 0 bridgehead atoms. The number of hydrogen-bond acceptors (Lipinski definition) is 3. The van der Waals surface area contributed by atoms with Crippen LogP contribution < -0.4 is 5.32 Å². The van der Waals surface area contributed by atoms with Crippen molar-refractivity contribution in [2.75, 3.05) is 47.0 Å². The zero-order valence-electron chi connectivity index (χ0n) is 17.5. The summed E-state index contributed by atoms with van der Waals surface area (Å²) in [5.41, 5.74) is 0. The van der Waals surface area contributed by atoms with Gasteiger partial charge in [-0.2, -0.15) is 0 Å². The summed E-state index contributed by atoms with van der Waals surface area (Å²) in [5, 5.41) is 3.65.